The molecular formula is C42H35N5. The second-order valence-electron chi connectivity index (χ2n) is 11.2. The fourth-order valence-corrected chi connectivity index (χ4v) is 5.78. The minimum absolute atomic E-state index is 0.248. The first-order valence-electron chi connectivity index (χ1n) is 15.6. The van der Waals surface area contributed by atoms with Gasteiger partial charge in [0, 0.05) is 11.3 Å². The van der Waals surface area contributed by atoms with E-state index in [1.54, 1.807) is 18.2 Å². The molecular weight excluding hydrogens is 574 g/mol. The lowest BCUT2D eigenvalue weighted by Gasteiger charge is -2.19. The maximum Gasteiger partial charge on any atom is 0.0886 e. The Morgan fingerprint density at radius 2 is 1.23 bits per heavy atom. The maximum absolute atomic E-state index is 8.12. The van der Waals surface area contributed by atoms with Crippen LogP contribution in [0.5, 0.6) is 0 Å². The van der Waals surface area contributed by atoms with Crippen molar-refractivity contribution in [1.29, 1.82) is 16.2 Å². The lowest BCUT2D eigenvalue weighted by molar-refractivity contribution is 1.22. The summed E-state index contributed by atoms with van der Waals surface area (Å²) in [6.07, 6.45) is 10.1. The molecule has 5 heteroatoms. The van der Waals surface area contributed by atoms with E-state index in [9.17, 15) is 0 Å². The molecule has 5 N–H and O–H groups in total. The van der Waals surface area contributed by atoms with Crippen LogP contribution in [0.1, 0.15) is 24.6 Å². The van der Waals surface area contributed by atoms with Gasteiger partial charge in [0.1, 0.15) is 0 Å². The molecule has 0 spiro atoms. The van der Waals surface area contributed by atoms with Crippen molar-refractivity contribution in [2.75, 3.05) is 5.73 Å². The highest BCUT2D eigenvalue weighted by Gasteiger charge is 2.18. The number of pyridine rings is 1. The van der Waals surface area contributed by atoms with Gasteiger partial charge in [-0.2, -0.15) is 0 Å². The van der Waals surface area contributed by atoms with Crippen LogP contribution >= 0.6 is 0 Å². The highest BCUT2D eigenvalue weighted by Crippen LogP contribution is 2.42. The highest BCUT2D eigenvalue weighted by molar-refractivity contribution is 6.50. The van der Waals surface area contributed by atoms with E-state index < -0.39 is 0 Å². The second kappa shape index (κ2) is 13.8. The Hall–Kier alpha value is -6.20. The number of nitrogens with zero attached hydrogens (tertiary/aromatic N) is 1. The van der Waals surface area contributed by atoms with Gasteiger partial charge in [-0.1, -0.05) is 116 Å². The van der Waals surface area contributed by atoms with Gasteiger partial charge in [0.05, 0.1) is 28.5 Å². The minimum Gasteiger partial charge on any atom is -0.399 e. The van der Waals surface area contributed by atoms with Crippen molar-refractivity contribution in [3.63, 3.8) is 0 Å². The van der Waals surface area contributed by atoms with Crippen LogP contribution in [0.2, 0.25) is 0 Å². The molecule has 0 fully saturated rings. The maximum atomic E-state index is 8.12. The summed E-state index contributed by atoms with van der Waals surface area (Å²) in [4.78, 5) is 4.51. The number of benzene rings is 5. The fraction of sp³-hybridized carbons (Fsp3) is 0.0476. The Bertz CT molecular complexity index is 2170. The van der Waals surface area contributed by atoms with E-state index in [2.05, 4.69) is 77.8 Å². The van der Waals surface area contributed by atoms with Crippen LogP contribution in [0.3, 0.4) is 0 Å². The molecule has 0 saturated carbocycles. The summed E-state index contributed by atoms with van der Waals surface area (Å²) in [6.45, 7) is 2.04. The molecule has 0 atom stereocenters. The highest BCUT2D eigenvalue weighted by atomic mass is 14.7. The van der Waals surface area contributed by atoms with Gasteiger partial charge in [-0.25, -0.2) is 4.98 Å². The third-order valence-corrected chi connectivity index (χ3v) is 8.05. The molecule has 7 rings (SSSR count). The number of nitrogens with one attached hydrogen (secondary N) is 3. The average molecular weight is 610 g/mol. The van der Waals surface area contributed by atoms with E-state index >= 15 is 0 Å². The Kier molecular flexibility index (Phi) is 9.07. The second-order valence-corrected chi connectivity index (χ2v) is 11.2. The number of anilines is 1. The van der Waals surface area contributed by atoms with Crippen LogP contribution in [-0.4, -0.2) is 22.1 Å². The predicted molar refractivity (Wildman–Crippen MR) is 200 cm³/mol. The van der Waals surface area contributed by atoms with E-state index in [0.29, 0.717) is 11.4 Å². The first kappa shape index (κ1) is 30.8. The normalized spacial score (nSPS) is 12.7. The molecule has 0 aliphatic heterocycles. The summed E-state index contributed by atoms with van der Waals surface area (Å²) in [6, 6.07) is 40.7. The Balaban J connectivity index is 0.000000178. The van der Waals surface area contributed by atoms with Crippen LogP contribution in [0.25, 0.3) is 49.5 Å². The molecule has 5 aromatic carbocycles. The molecule has 47 heavy (non-hydrogen) atoms. The van der Waals surface area contributed by atoms with E-state index in [4.69, 9.17) is 22.0 Å². The molecule has 1 aliphatic rings. The van der Waals surface area contributed by atoms with Crippen LogP contribution in [-0.2, 0) is 0 Å². The molecule has 228 valence electrons. The monoisotopic (exact) mass is 609 g/mol. The van der Waals surface area contributed by atoms with Gasteiger partial charge in [-0.05, 0) is 92.7 Å². The fourth-order valence-electron chi connectivity index (χ4n) is 5.78. The van der Waals surface area contributed by atoms with Gasteiger partial charge in [-0.15, -0.1) is 0 Å². The van der Waals surface area contributed by atoms with Crippen molar-refractivity contribution < 1.29 is 0 Å². The number of allylic oxidation sites excluding steroid dienone is 6. The van der Waals surface area contributed by atoms with Crippen LogP contribution < -0.4 is 5.73 Å². The zero-order valence-electron chi connectivity index (χ0n) is 26.2. The van der Waals surface area contributed by atoms with Crippen molar-refractivity contribution in [1.82, 2.24) is 4.98 Å². The first-order valence-corrected chi connectivity index (χ1v) is 15.6. The summed E-state index contributed by atoms with van der Waals surface area (Å²) >= 11 is 0. The number of nitrogens with two attached hydrogens (primary N) is 1. The summed E-state index contributed by atoms with van der Waals surface area (Å²) in [7, 11) is 0. The average Bonchev–Trinajstić information content (AvgIpc) is 3.11. The summed E-state index contributed by atoms with van der Waals surface area (Å²) in [5.74, 6) is 0. The van der Waals surface area contributed by atoms with Crippen LogP contribution in [0.4, 0.5) is 5.69 Å². The smallest absolute Gasteiger partial charge is 0.0886 e. The third kappa shape index (κ3) is 6.60. The van der Waals surface area contributed by atoms with Gasteiger partial charge in [-0.3, -0.25) is 16.2 Å². The molecule has 5 nitrogen and oxygen atoms in total. The largest absolute Gasteiger partial charge is 0.399 e. The molecule has 0 radical (unpaired) electrons. The van der Waals surface area contributed by atoms with Crippen molar-refractivity contribution in [3.8, 4) is 22.4 Å². The van der Waals surface area contributed by atoms with Crippen LogP contribution in [0.15, 0.2) is 152 Å². The number of hydrogen-bond acceptors (Lipinski definition) is 5. The quantitative estimate of drug-likeness (QED) is 0.0652. The molecule has 0 amide bonds. The van der Waals surface area contributed by atoms with Crippen LogP contribution in [0, 0.1) is 16.2 Å². The van der Waals surface area contributed by atoms with Gasteiger partial charge in [0.25, 0.3) is 0 Å². The van der Waals surface area contributed by atoms with E-state index in [-0.39, 0.29) is 11.4 Å². The first-order chi connectivity index (χ1) is 22.9. The standard InChI is InChI=1S/C26H18N2.C16H17N3/c27-23-15-14-18(16-24(23)28)26-21-12-6-4-10-19(21)25(17-8-2-1-3-9-17)20-11-5-7-13-22(20)26;1-2-3-5-14(18)16-7-4-6-15(19-16)12-8-10-13(17)11-9-12/h1-16,27-28H;3-11,18H,2,17H2,1H3/b;5-3-,18-14?. The summed E-state index contributed by atoms with van der Waals surface area (Å²) < 4.78 is 0. The lowest BCUT2D eigenvalue weighted by atomic mass is 9.84. The Morgan fingerprint density at radius 3 is 1.83 bits per heavy atom. The molecule has 1 aliphatic carbocycles. The van der Waals surface area contributed by atoms with E-state index in [1.165, 1.54) is 21.9 Å². The zero-order chi connectivity index (χ0) is 32.8. The summed E-state index contributed by atoms with van der Waals surface area (Å²) in [5, 5.41) is 28.7. The topological polar surface area (TPSA) is 110 Å². The lowest BCUT2D eigenvalue weighted by Crippen LogP contribution is -2.10. The molecule has 0 unspecified atom stereocenters. The third-order valence-electron chi connectivity index (χ3n) is 8.05. The van der Waals surface area contributed by atoms with Crippen molar-refractivity contribution in [2.45, 2.75) is 13.3 Å². The van der Waals surface area contributed by atoms with Crippen molar-refractivity contribution >= 4 is 49.9 Å². The number of rotatable bonds is 6. The van der Waals surface area contributed by atoms with E-state index in [0.717, 1.165) is 45.3 Å². The minimum atomic E-state index is 0.248. The number of aromatic nitrogens is 1. The molecule has 1 aromatic heterocycles. The van der Waals surface area contributed by atoms with Gasteiger partial charge >= 0.3 is 0 Å². The Labute approximate surface area is 275 Å². The molecule has 6 aromatic rings. The number of nitrogen functional groups attached to an aromatic ring is 1. The Morgan fingerprint density at radius 1 is 0.638 bits per heavy atom. The predicted octanol–water partition coefficient (Wildman–Crippen LogP) is 10.3. The number of fused-ring (bicyclic) bond motifs is 2. The van der Waals surface area contributed by atoms with Crippen molar-refractivity contribution in [2.24, 2.45) is 0 Å². The zero-order valence-corrected chi connectivity index (χ0v) is 26.2. The SMILES string of the molecule is CC/C=C\C(=N)c1cccc(-c2ccc(N)cc2)n1.N=C1C=CC(c2c3ccccc3c(-c3ccccc3)c3ccccc23)=CC1=N. The number of hydrogen-bond donors (Lipinski definition) is 4. The van der Waals surface area contributed by atoms with Crippen molar-refractivity contribution in [3.05, 3.63) is 163 Å². The summed E-state index contributed by atoms with van der Waals surface area (Å²) in [5.41, 5.74) is 14.4. The molecule has 0 bridgehead atoms. The van der Waals surface area contributed by atoms with Gasteiger partial charge in [0.2, 0.25) is 0 Å². The molecule has 1 heterocycles. The van der Waals surface area contributed by atoms with Gasteiger partial charge < -0.3 is 5.73 Å². The van der Waals surface area contributed by atoms with E-state index in [1.807, 2.05) is 67.6 Å². The molecule has 0 saturated heterocycles. The van der Waals surface area contributed by atoms with Gasteiger partial charge in [0.15, 0.2) is 0 Å².